The first-order valence-corrected chi connectivity index (χ1v) is 4.89. The average molecular weight is 203 g/mol. The molecule has 78 valence electrons. The van der Waals surface area contributed by atoms with Crippen LogP contribution in [0, 0.1) is 0 Å². The van der Waals surface area contributed by atoms with Crippen molar-refractivity contribution in [2.24, 2.45) is 0 Å². The van der Waals surface area contributed by atoms with E-state index in [1.54, 1.807) is 11.1 Å². The fraction of sp³-hybridized carbons (Fsp3) is 0.250. The maximum absolute atomic E-state index is 11.2. The molecule has 1 aliphatic heterocycles. The van der Waals surface area contributed by atoms with Crippen LogP contribution >= 0.6 is 0 Å². The van der Waals surface area contributed by atoms with E-state index in [-0.39, 0.29) is 12.0 Å². The summed E-state index contributed by atoms with van der Waals surface area (Å²) in [5.74, 6) is 0.283. The number of nitrogens with zero attached hydrogens (tertiary/aromatic N) is 1. The first-order chi connectivity index (χ1) is 7.31. The van der Waals surface area contributed by atoms with Gasteiger partial charge >= 0.3 is 6.09 Å². The molecule has 0 fully saturated rings. The summed E-state index contributed by atoms with van der Waals surface area (Å²) in [4.78, 5) is 12.8. The molecule has 1 aliphatic rings. The zero-order chi connectivity index (χ0) is 10.7. The Bertz CT molecular complexity index is 372. The SMILES string of the molecule is COC(=O)N1C=CC(c2ccccc2)C1. The third-order valence-electron chi connectivity index (χ3n) is 2.53. The number of amides is 1. The van der Waals surface area contributed by atoms with Crippen molar-refractivity contribution in [2.75, 3.05) is 13.7 Å². The van der Waals surface area contributed by atoms with Gasteiger partial charge in [-0.25, -0.2) is 4.79 Å². The van der Waals surface area contributed by atoms with Crippen LogP contribution < -0.4 is 0 Å². The van der Waals surface area contributed by atoms with E-state index in [0.717, 1.165) is 0 Å². The molecular weight excluding hydrogens is 190 g/mol. The Morgan fingerprint density at radius 2 is 2.13 bits per heavy atom. The lowest BCUT2D eigenvalue weighted by atomic mass is 10.0. The van der Waals surface area contributed by atoms with E-state index in [1.807, 2.05) is 24.3 Å². The van der Waals surface area contributed by atoms with Gasteiger partial charge in [-0.3, -0.25) is 4.90 Å². The number of methoxy groups -OCH3 is 1. The van der Waals surface area contributed by atoms with Crippen molar-refractivity contribution >= 4 is 6.09 Å². The van der Waals surface area contributed by atoms with Gasteiger partial charge in [-0.2, -0.15) is 0 Å². The van der Waals surface area contributed by atoms with Gasteiger partial charge in [0.15, 0.2) is 0 Å². The van der Waals surface area contributed by atoms with E-state index in [1.165, 1.54) is 12.7 Å². The Balaban J connectivity index is 2.06. The van der Waals surface area contributed by atoms with Crippen LogP contribution in [0.15, 0.2) is 42.6 Å². The van der Waals surface area contributed by atoms with E-state index in [0.29, 0.717) is 6.54 Å². The number of benzene rings is 1. The van der Waals surface area contributed by atoms with Crippen molar-refractivity contribution < 1.29 is 9.53 Å². The number of ether oxygens (including phenoxy) is 1. The standard InChI is InChI=1S/C12H13NO2/c1-15-12(14)13-8-7-11(9-13)10-5-3-2-4-6-10/h2-8,11H,9H2,1H3. The fourth-order valence-electron chi connectivity index (χ4n) is 1.71. The molecule has 0 aliphatic carbocycles. The van der Waals surface area contributed by atoms with Crippen molar-refractivity contribution in [3.63, 3.8) is 0 Å². The van der Waals surface area contributed by atoms with Gasteiger partial charge in [-0.15, -0.1) is 0 Å². The minimum atomic E-state index is -0.301. The highest BCUT2D eigenvalue weighted by Crippen LogP contribution is 2.24. The smallest absolute Gasteiger partial charge is 0.413 e. The van der Waals surface area contributed by atoms with Crippen molar-refractivity contribution in [3.8, 4) is 0 Å². The van der Waals surface area contributed by atoms with Gasteiger partial charge in [0.25, 0.3) is 0 Å². The van der Waals surface area contributed by atoms with Crippen molar-refractivity contribution in [1.82, 2.24) is 4.90 Å². The Morgan fingerprint density at radius 3 is 2.80 bits per heavy atom. The quantitative estimate of drug-likeness (QED) is 0.701. The normalized spacial score (nSPS) is 19.3. The van der Waals surface area contributed by atoms with Gasteiger partial charge in [-0.1, -0.05) is 36.4 Å². The van der Waals surface area contributed by atoms with Crippen LogP contribution in [-0.2, 0) is 4.74 Å². The fourth-order valence-corrected chi connectivity index (χ4v) is 1.71. The molecule has 0 bridgehead atoms. The Hall–Kier alpha value is -1.77. The van der Waals surface area contributed by atoms with Gasteiger partial charge in [-0.05, 0) is 5.56 Å². The molecule has 3 heteroatoms. The molecule has 1 atom stereocenters. The lowest BCUT2D eigenvalue weighted by molar-refractivity contribution is 0.142. The Morgan fingerprint density at radius 1 is 1.40 bits per heavy atom. The minimum absolute atomic E-state index is 0.283. The number of carbonyl (C=O) groups excluding carboxylic acids is 1. The molecule has 2 rings (SSSR count). The number of hydrogen-bond acceptors (Lipinski definition) is 2. The second-order valence-electron chi connectivity index (χ2n) is 3.48. The summed E-state index contributed by atoms with van der Waals surface area (Å²) in [7, 11) is 1.39. The molecule has 1 heterocycles. The molecule has 1 amide bonds. The zero-order valence-electron chi connectivity index (χ0n) is 8.59. The summed E-state index contributed by atoms with van der Waals surface area (Å²) in [5, 5.41) is 0. The van der Waals surface area contributed by atoms with Gasteiger partial charge < -0.3 is 4.74 Å². The van der Waals surface area contributed by atoms with Gasteiger partial charge in [0.05, 0.1) is 7.11 Å². The minimum Gasteiger partial charge on any atom is -0.452 e. The van der Waals surface area contributed by atoms with Gasteiger partial charge in [0.1, 0.15) is 0 Å². The maximum Gasteiger partial charge on any atom is 0.413 e. The van der Waals surface area contributed by atoms with Crippen LogP contribution in [0.25, 0.3) is 0 Å². The molecule has 15 heavy (non-hydrogen) atoms. The molecule has 3 nitrogen and oxygen atoms in total. The lowest BCUT2D eigenvalue weighted by Crippen LogP contribution is -2.25. The van der Waals surface area contributed by atoms with Crippen LogP contribution in [-0.4, -0.2) is 24.6 Å². The zero-order valence-corrected chi connectivity index (χ0v) is 8.59. The molecular formula is C12H13NO2. The van der Waals surface area contributed by atoms with Crippen LogP contribution in [0.1, 0.15) is 11.5 Å². The number of rotatable bonds is 1. The second-order valence-corrected chi connectivity index (χ2v) is 3.48. The second kappa shape index (κ2) is 4.17. The summed E-state index contributed by atoms with van der Waals surface area (Å²) < 4.78 is 4.65. The van der Waals surface area contributed by atoms with E-state index in [4.69, 9.17) is 0 Å². The van der Waals surface area contributed by atoms with Crippen molar-refractivity contribution in [2.45, 2.75) is 5.92 Å². The van der Waals surface area contributed by atoms with Gasteiger partial charge in [0, 0.05) is 18.7 Å². The van der Waals surface area contributed by atoms with Crippen LogP contribution in [0.4, 0.5) is 4.79 Å². The molecule has 0 saturated heterocycles. The Labute approximate surface area is 89.0 Å². The predicted octanol–water partition coefficient (Wildman–Crippen LogP) is 2.37. The summed E-state index contributed by atoms with van der Waals surface area (Å²) in [6.07, 6.45) is 3.50. The summed E-state index contributed by atoms with van der Waals surface area (Å²) in [5.41, 5.74) is 1.22. The van der Waals surface area contributed by atoms with Crippen molar-refractivity contribution in [3.05, 3.63) is 48.2 Å². The molecule has 1 unspecified atom stereocenters. The first kappa shape index (κ1) is 9.77. The maximum atomic E-state index is 11.2. The summed E-state index contributed by atoms with van der Waals surface area (Å²) in [6, 6.07) is 10.1. The van der Waals surface area contributed by atoms with Crippen LogP contribution in [0.3, 0.4) is 0 Å². The van der Waals surface area contributed by atoms with E-state index >= 15 is 0 Å². The monoisotopic (exact) mass is 203 g/mol. The third kappa shape index (κ3) is 2.01. The van der Waals surface area contributed by atoms with Crippen LogP contribution in [0.2, 0.25) is 0 Å². The highest BCUT2D eigenvalue weighted by Gasteiger charge is 2.22. The third-order valence-corrected chi connectivity index (χ3v) is 2.53. The Kier molecular flexibility index (Phi) is 2.72. The number of hydrogen-bond donors (Lipinski definition) is 0. The molecule has 0 N–H and O–H groups in total. The molecule has 0 aromatic heterocycles. The first-order valence-electron chi connectivity index (χ1n) is 4.89. The van der Waals surface area contributed by atoms with Gasteiger partial charge in [0.2, 0.25) is 0 Å². The van der Waals surface area contributed by atoms with E-state index in [9.17, 15) is 4.79 Å². The lowest BCUT2D eigenvalue weighted by Gasteiger charge is -2.14. The van der Waals surface area contributed by atoms with Crippen LogP contribution in [0.5, 0.6) is 0 Å². The largest absolute Gasteiger partial charge is 0.452 e. The van der Waals surface area contributed by atoms with E-state index in [2.05, 4.69) is 16.9 Å². The highest BCUT2D eigenvalue weighted by molar-refractivity contribution is 5.69. The molecule has 0 saturated carbocycles. The predicted molar refractivity (Wildman–Crippen MR) is 57.4 cm³/mol. The average Bonchev–Trinajstić information content (AvgIpc) is 2.78. The topological polar surface area (TPSA) is 29.5 Å². The number of carbonyl (C=O) groups is 1. The molecule has 0 radical (unpaired) electrons. The molecule has 1 aromatic carbocycles. The summed E-state index contributed by atoms with van der Waals surface area (Å²) in [6.45, 7) is 0.663. The molecule has 1 aromatic rings. The van der Waals surface area contributed by atoms with E-state index < -0.39 is 0 Å². The van der Waals surface area contributed by atoms with Crippen molar-refractivity contribution in [1.29, 1.82) is 0 Å². The highest BCUT2D eigenvalue weighted by atomic mass is 16.5. The summed E-state index contributed by atoms with van der Waals surface area (Å²) >= 11 is 0. The molecule has 0 spiro atoms.